The first-order valence-corrected chi connectivity index (χ1v) is 3.92. The number of aliphatic hydroxyl groups is 4. The second-order valence-corrected chi connectivity index (χ2v) is 1.88. The fourth-order valence-corrected chi connectivity index (χ4v) is 0.141. The van der Waals surface area contributed by atoms with Crippen LogP contribution in [0, 0.1) is 0 Å². The first kappa shape index (κ1) is 18.8. The highest BCUT2D eigenvalue weighted by molar-refractivity contribution is 5.53. The molecule has 0 spiro atoms. The van der Waals surface area contributed by atoms with E-state index in [2.05, 4.69) is 0 Å². The van der Waals surface area contributed by atoms with Gasteiger partial charge in [0.1, 0.15) is 0 Å². The van der Waals surface area contributed by atoms with E-state index in [1.807, 2.05) is 0 Å². The Bertz CT molecular complexity index is 82.0. The standard InChI is InChI=1S/2C3H8O2.CH2O3/c2*4-2-1-3-5;2-1(3)4/h2*4-5H,1-3H2;(H2,2,3,4). The maximum absolute atomic E-state index is 8.56. The van der Waals surface area contributed by atoms with E-state index in [4.69, 9.17) is 35.4 Å². The lowest BCUT2D eigenvalue weighted by molar-refractivity contribution is 0.137. The highest BCUT2D eigenvalue weighted by Crippen LogP contribution is 1.65. The van der Waals surface area contributed by atoms with Gasteiger partial charge in [0.05, 0.1) is 0 Å². The molecule has 88 valence electrons. The Kier molecular flexibility index (Phi) is 30.5. The van der Waals surface area contributed by atoms with Gasteiger partial charge in [-0.3, -0.25) is 0 Å². The van der Waals surface area contributed by atoms with Gasteiger partial charge in [-0.15, -0.1) is 0 Å². The van der Waals surface area contributed by atoms with Gasteiger partial charge in [-0.1, -0.05) is 0 Å². The zero-order valence-corrected chi connectivity index (χ0v) is 7.83. The molecule has 14 heavy (non-hydrogen) atoms. The van der Waals surface area contributed by atoms with E-state index in [9.17, 15) is 0 Å². The Labute approximate surface area is 81.9 Å². The van der Waals surface area contributed by atoms with Crippen molar-refractivity contribution >= 4 is 6.16 Å². The van der Waals surface area contributed by atoms with Crippen molar-refractivity contribution in [2.45, 2.75) is 12.8 Å². The van der Waals surface area contributed by atoms with E-state index >= 15 is 0 Å². The molecular weight excluding hydrogens is 196 g/mol. The molecule has 0 atom stereocenters. The lowest BCUT2D eigenvalue weighted by atomic mass is 10.5. The van der Waals surface area contributed by atoms with Crippen LogP contribution in [0.25, 0.3) is 0 Å². The van der Waals surface area contributed by atoms with Gasteiger partial charge in [-0.25, -0.2) is 4.79 Å². The first-order chi connectivity index (χ1) is 6.56. The summed E-state index contributed by atoms with van der Waals surface area (Å²) in [5, 5.41) is 45.6. The maximum Gasteiger partial charge on any atom is 0.503 e. The average Bonchev–Trinajstić information content (AvgIpc) is 2.07. The van der Waals surface area contributed by atoms with E-state index in [1.165, 1.54) is 0 Å². The van der Waals surface area contributed by atoms with Gasteiger partial charge in [0.15, 0.2) is 0 Å². The molecule has 0 saturated carbocycles. The molecule has 7 heteroatoms. The van der Waals surface area contributed by atoms with Crippen LogP contribution in [-0.4, -0.2) is 63.2 Å². The van der Waals surface area contributed by atoms with Crippen molar-refractivity contribution in [1.82, 2.24) is 0 Å². The monoisotopic (exact) mass is 214 g/mol. The molecule has 0 aromatic heterocycles. The molecule has 0 heterocycles. The average molecular weight is 214 g/mol. The molecule has 0 amide bonds. The third kappa shape index (κ3) is 117. The number of aliphatic hydroxyl groups excluding tert-OH is 4. The Morgan fingerprint density at radius 2 is 0.857 bits per heavy atom. The van der Waals surface area contributed by atoms with Crippen LogP contribution in [0.3, 0.4) is 0 Å². The molecule has 0 rings (SSSR count). The minimum absolute atomic E-state index is 0.0938. The Hall–Kier alpha value is -0.890. The molecule has 0 aromatic carbocycles. The van der Waals surface area contributed by atoms with Crippen molar-refractivity contribution in [3.05, 3.63) is 0 Å². The number of carbonyl (C=O) groups is 1. The second-order valence-electron chi connectivity index (χ2n) is 1.88. The maximum atomic E-state index is 8.56. The minimum atomic E-state index is -1.83. The molecule has 0 fully saturated rings. The molecule has 0 aliphatic rings. The van der Waals surface area contributed by atoms with Gasteiger partial charge < -0.3 is 30.6 Å². The lowest BCUT2D eigenvalue weighted by Crippen LogP contribution is -1.85. The Morgan fingerprint density at radius 3 is 0.857 bits per heavy atom. The fourth-order valence-electron chi connectivity index (χ4n) is 0.141. The van der Waals surface area contributed by atoms with Crippen molar-refractivity contribution in [1.29, 1.82) is 0 Å². The van der Waals surface area contributed by atoms with Crippen molar-refractivity contribution in [3.8, 4) is 0 Å². The van der Waals surface area contributed by atoms with Gasteiger partial charge in [-0.05, 0) is 12.8 Å². The molecule has 0 radical (unpaired) electrons. The minimum Gasteiger partial charge on any atom is -0.450 e. The van der Waals surface area contributed by atoms with Gasteiger partial charge in [-0.2, -0.15) is 0 Å². The number of rotatable bonds is 4. The van der Waals surface area contributed by atoms with E-state index < -0.39 is 6.16 Å². The number of hydrogen-bond donors (Lipinski definition) is 6. The summed E-state index contributed by atoms with van der Waals surface area (Å²) < 4.78 is 0. The SMILES string of the molecule is O=C(O)O.OCCCO.OCCCO. The normalized spacial score (nSPS) is 7.71. The third-order valence-corrected chi connectivity index (χ3v) is 0.632. The van der Waals surface area contributed by atoms with Crippen LogP contribution >= 0.6 is 0 Å². The smallest absolute Gasteiger partial charge is 0.450 e. The van der Waals surface area contributed by atoms with Crippen molar-refractivity contribution in [2.75, 3.05) is 26.4 Å². The molecule has 6 N–H and O–H groups in total. The van der Waals surface area contributed by atoms with Crippen LogP contribution in [0.1, 0.15) is 12.8 Å². The zero-order valence-electron chi connectivity index (χ0n) is 7.83. The van der Waals surface area contributed by atoms with Gasteiger partial charge in [0.25, 0.3) is 0 Å². The van der Waals surface area contributed by atoms with Gasteiger partial charge in [0, 0.05) is 26.4 Å². The van der Waals surface area contributed by atoms with E-state index in [1.54, 1.807) is 0 Å². The van der Waals surface area contributed by atoms with Crippen molar-refractivity contribution in [3.63, 3.8) is 0 Å². The van der Waals surface area contributed by atoms with Crippen molar-refractivity contribution < 1.29 is 35.4 Å². The second kappa shape index (κ2) is 22.7. The number of carboxylic acid groups (broad SMARTS) is 2. The summed E-state index contributed by atoms with van der Waals surface area (Å²) >= 11 is 0. The molecule has 0 bridgehead atoms. The third-order valence-electron chi connectivity index (χ3n) is 0.632. The summed E-state index contributed by atoms with van der Waals surface area (Å²) in [6, 6.07) is 0. The molecule has 0 aliphatic carbocycles. The van der Waals surface area contributed by atoms with Crippen LogP contribution in [0.15, 0.2) is 0 Å². The van der Waals surface area contributed by atoms with Gasteiger partial charge in [0.2, 0.25) is 0 Å². The van der Waals surface area contributed by atoms with E-state index in [-0.39, 0.29) is 26.4 Å². The molecular formula is C7H18O7. The molecule has 7 nitrogen and oxygen atoms in total. The summed E-state index contributed by atoms with van der Waals surface area (Å²) in [7, 11) is 0. The van der Waals surface area contributed by atoms with Crippen LogP contribution in [0.2, 0.25) is 0 Å². The van der Waals surface area contributed by atoms with Crippen LogP contribution < -0.4 is 0 Å². The zero-order chi connectivity index (χ0) is 11.8. The predicted molar refractivity (Wildman–Crippen MR) is 48.2 cm³/mol. The fraction of sp³-hybridized carbons (Fsp3) is 0.857. The van der Waals surface area contributed by atoms with Crippen molar-refractivity contribution in [2.24, 2.45) is 0 Å². The molecule has 0 aliphatic heterocycles. The van der Waals surface area contributed by atoms with Gasteiger partial charge >= 0.3 is 6.16 Å². The van der Waals surface area contributed by atoms with Crippen LogP contribution in [0.5, 0.6) is 0 Å². The summed E-state index contributed by atoms with van der Waals surface area (Å²) in [5.74, 6) is 0. The topological polar surface area (TPSA) is 138 Å². The van der Waals surface area contributed by atoms with E-state index in [0.29, 0.717) is 12.8 Å². The summed E-state index contributed by atoms with van der Waals surface area (Å²) in [5.41, 5.74) is 0. The van der Waals surface area contributed by atoms with E-state index in [0.717, 1.165) is 0 Å². The van der Waals surface area contributed by atoms with Crippen LogP contribution in [0.4, 0.5) is 4.79 Å². The summed E-state index contributed by atoms with van der Waals surface area (Å²) in [4.78, 5) is 8.56. The predicted octanol–water partition coefficient (Wildman–Crippen LogP) is -1.06. The summed E-state index contributed by atoms with van der Waals surface area (Å²) in [6.45, 7) is 0.375. The first-order valence-electron chi connectivity index (χ1n) is 3.92. The largest absolute Gasteiger partial charge is 0.503 e. The summed E-state index contributed by atoms with van der Waals surface area (Å²) in [6.07, 6.45) is -0.833. The van der Waals surface area contributed by atoms with Crippen LogP contribution in [-0.2, 0) is 0 Å². The number of hydrogen-bond acceptors (Lipinski definition) is 5. The quantitative estimate of drug-likeness (QED) is 0.351. The Morgan fingerprint density at radius 1 is 0.714 bits per heavy atom. The lowest BCUT2D eigenvalue weighted by Gasteiger charge is -1.79. The molecule has 0 saturated heterocycles. The molecule has 0 aromatic rings. The molecule has 0 unspecified atom stereocenters. The Balaban J connectivity index is -0.000000131. The highest BCUT2D eigenvalue weighted by atomic mass is 16.6. The highest BCUT2D eigenvalue weighted by Gasteiger charge is 1.71.